The number of nitrogens with zero attached hydrogens (tertiary/aromatic N) is 3. The third-order valence-electron chi connectivity index (χ3n) is 6.57. The van der Waals surface area contributed by atoms with E-state index < -0.39 is 31.7 Å². The van der Waals surface area contributed by atoms with Crippen molar-refractivity contribution in [2.75, 3.05) is 11.4 Å². The van der Waals surface area contributed by atoms with Gasteiger partial charge in [-0.25, -0.2) is 4.98 Å². The number of nitrogens with one attached hydrogen (secondary N) is 1. The summed E-state index contributed by atoms with van der Waals surface area (Å²) in [7, 11) is -2.18. The normalized spacial score (nSPS) is 22.1. The van der Waals surface area contributed by atoms with E-state index in [0.717, 1.165) is 18.9 Å². The topological polar surface area (TPSA) is 78.2 Å². The van der Waals surface area contributed by atoms with Gasteiger partial charge in [0.2, 0.25) is 5.91 Å². The van der Waals surface area contributed by atoms with Crippen LogP contribution in [0.4, 0.5) is 19.0 Å². The van der Waals surface area contributed by atoms with E-state index in [1.54, 1.807) is 6.07 Å². The van der Waals surface area contributed by atoms with E-state index in [1.807, 2.05) is 0 Å². The van der Waals surface area contributed by atoms with Gasteiger partial charge in [0.1, 0.15) is 23.5 Å². The number of aromatic nitrogens is 1. The molecule has 1 saturated carbocycles. The van der Waals surface area contributed by atoms with Crippen molar-refractivity contribution in [1.29, 1.82) is 5.26 Å². The Morgan fingerprint density at radius 1 is 1.31 bits per heavy atom. The molecule has 0 spiro atoms. The monoisotopic (exact) mass is 468 g/mol. The number of carbonyl (C=O) groups is 1. The third kappa shape index (κ3) is 5.09. The van der Waals surface area contributed by atoms with Crippen LogP contribution in [0.25, 0.3) is 0 Å². The Bertz CT molecular complexity index is 933. The first kappa shape index (κ1) is 24.5. The molecule has 176 valence electrons. The second kappa shape index (κ2) is 8.34. The van der Waals surface area contributed by atoms with Gasteiger partial charge in [0.25, 0.3) is 0 Å². The first-order chi connectivity index (χ1) is 14.6. The van der Waals surface area contributed by atoms with Gasteiger partial charge in [0, 0.05) is 24.7 Å². The maximum Gasteiger partial charge on any atom is 0.417 e. The molecule has 1 aromatic heterocycles. The minimum atomic E-state index is -4.70. The van der Waals surface area contributed by atoms with Crippen molar-refractivity contribution in [3.05, 3.63) is 22.9 Å². The molecule has 3 rings (SSSR count). The van der Waals surface area contributed by atoms with Crippen LogP contribution in [-0.4, -0.2) is 43.9 Å². The van der Waals surface area contributed by atoms with Crippen molar-refractivity contribution in [3.63, 3.8) is 0 Å². The van der Waals surface area contributed by atoms with Crippen LogP contribution in [0.3, 0.4) is 0 Å². The summed E-state index contributed by atoms with van der Waals surface area (Å²) in [4.78, 5) is 18.8. The van der Waals surface area contributed by atoms with Gasteiger partial charge >= 0.3 is 6.18 Å². The van der Waals surface area contributed by atoms with Crippen LogP contribution < -0.4 is 10.2 Å². The molecule has 2 heterocycles. The fourth-order valence-corrected chi connectivity index (χ4v) is 5.04. The summed E-state index contributed by atoms with van der Waals surface area (Å²) in [5, 5.41) is 12.5. The Morgan fingerprint density at radius 3 is 2.44 bits per heavy atom. The zero-order valence-corrected chi connectivity index (χ0v) is 20.4. The molecule has 2 atom stereocenters. The molecule has 1 aromatic rings. The standard InChI is InChI=1S/C22H31F3N4O2Si/c1-13-9-17(22(23,24)25)16(11-26)19(27-13)29-12-15(31-32(5,6)21(2,3)4)10-18(29)20(30)28-14-7-8-14/h9,14-15,18H,7-8,10,12H2,1-6H3,(H,28,30)/t15-,18-/m0/s1. The summed E-state index contributed by atoms with van der Waals surface area (Å²) < 4.78 is 47.5. The van der Waals surface area contributed by atoms with Crippen LogP contribution in [0.2, 0.25) is 18.1 Å². The lowest BCUT2D eigenvalue weighted by Crippen LogP contribution is -2.45. The summed E-state index contributed by atoms with van der Waals surface area (Å²) in [5.41, 5.74) is -1.45. The maximum atomic E-state index is 13.7. The number of aryl methyl sites for hydroxylation is 1. The van der Waals surface area contributed by atoms with Gasteiger partial charge in [-0.05, 0) is 44.0 Å². The average Bonchev–Trinajstić information content (AvgIpc) is 3.36. The second-order valence-corrected chi connectivity index (χ2v) is 15.1. The van der Waals surface area contributed by atoms with E-state index in [4.69, 9.17) is 4.43 Å². The second-order valence-electron chi connectivity index (χ2n) is 10.3. The van der Waals surface area contributed by atoms with Gasteiger partial charge in [-0.1, -0.05) is 20.8 Å². The van der Waals surface area contributed by atoms with Crippen LogP contribution in [0.1, 0.15) is 56.9 Å². The first-order valence-electron chi connectivity index (χ1n) is 10.9. The highest BCUT2D eigenvalue weighted by atomic mass is 28.4. The van der Waals surface area contributed by atoms with Gasteiger partial charge in [-0.15, -0.1) is 0 Å². The fourth-order valence-electron chi connectivity index (χ4n) is 3.68. The van der Waals surface area contributed by atoms with Gasteiger partial charge in [0.15, 0.2) is 8.32 Å². The van der Waals surface area contributed by atoms with E-state index in [9.17, 15) is 23.2 Å². The smallest absolute Gasteiger partial charge is 0.412 e. The molecule has 10 heteroatoms. The molecule has 1 aliphatic carbocycles. The van der Waals surface area contributed by atoms with Crippen molar-refractivity contribution in [2.45, 2.75) is 89.5 Å². The molecular formula is C22H31F3N4O2Si. The molecule has 32 heavy (non-hydrogen) atoms. The predicted molar refractivity (Wildman–Crippen MR) is 118 cm³/mol. The van der Waals surface area contributed by atoms with Gasteiger partial charge in [0.05, 0.1) is 11.7 Å². The number of nitriles is 1. The lowest BCUT2D eigenvalue weighted by Gasteiger charge is -2.38. The number of alkyl halides is 3. The summed E-state index contributed by atoms with van der Waals surface area (Å²) in [6, 6.07) is 1.93. The number of hydrogen-bond acceptors (Lipinski definition) is 5. The molecule has 0 bridgehead atoms. The van der Waals surface area contributed by atoms with Crippen molar-refractivity contribution in [2.24, 2.45) is 0 Å². The van der Waals surface area contributed by atoms with E-state index in [1.165, 1.54) is 11.8 Å². The first-order valence-corrected chi connectivity index (χ1v) is 13.8. The van der Waals surface area contributed by atoms with Crippen molar-refractivity contribution in [1.82, 2.24) is 10.3 Å². The minimum Gasteiger partial charge on any atom is -0.412 e. The van der Waals surface area contributed by atoms with E-state index in [-0.39, 0.29) is 41.1 Å². The zero-order valence-electron chi connectivity index (χ0n) is 19.4. The van der Waals surface area contributed by atoms with E-state index in [2.05, 4.69) is 44.2 Å². The van der Waals surface area contributed by atoms with Crippen LogP contribution in [0.15, 0.2) is 6.07 Å². The van der Waals surface area contributed by atoms with Crippen LogP contribution >= 0.6 is 0 Å². The highest BCUT2D eigenvalue weighted by Crippen LogP contribution is 2.41. The lowest BCUT2D eigenvalue weighted by molar-refractivity contribution is -0.137. The molecule has 0 unspecified atom stereocenters. The summed E-state index contributed by atoms with van der Waals surface area (Å²) in [5.74, 6) is -0.355. The average molecular weight is 469 g/mol. The third-order valence-corrected chi connectivity index (χ3v) is 11.1. The maximum absolute atomic E-state index is 13.7. The number of hydrogen-bond donors (Lipinski definition) is 1. The van der Waals surface area contributed by atoms with Crippen molar-refractivity contribution >= 4 is 20.0 Å². The largest absolute Gasteiger partial charge is 0.417 e. The molecule has 1 saturated heterocycles. The molecule has 2 aliphatic rings. The molecule has 1 aliphatic heterocycles. The fraction of sp³-hybridized carbons (Fsp3) is 0.682. The Labute approximate surface area is 188 Å². The van der Waals surface area contributed by atoms with Gasteiger partial charge < -0.3 is 14.6 Å². The minimum absolute atomic E-state index is 0.0605. The van der Waals surface area contributed by atoms with E-state index >= 15 is 0 Å². The lowest BCUT2D eigenvalue weighted by atomic mass is 10.1. The number of amides is 1. The molecule has 0 aromatic carbocycles. The number of carbonyl (C=O) groups excluding carboxylic acids is 1. The Kier molecular flexibility index (Phi) is 6.39. The van der Waals surface area contributed by atoms with Crippen LogP contribution in [0, 0.1) is 18.3 Å². The Balaban J connectivity index is 2.01. The predicted octanol–water partition coefficient (Wildman–Crippen LogP) is 4.53. The van der Waals surface area contributed by atoms with Crippen molar-refractivity contribution in [3.8, 4) is 6.07 Å². The quantitative estimate of drug-likeness (QED) is 0.643. The number of anilines is 1. The molecular weight excluding hydrogens is 437 g/mol. The highest BCUT2D eigenvalue weighted by molar-refractivity contribution is 6.74. The molecule has 6 nitrogen and oxygen atoms in total. The molecule has 2 fully saturated rings. The van der Waals surface area contributed by atoms with E-state index in [0.29, 0.717) is 6.42 Å². The van der Waals surface area contributed by atoms with Gasteiger partial charge in [-0.2, -0.15) is 18.4 Å². The van der Waals surface area contributed by atoms with Crippen LogP contribution in [0.5, 0.6) is 0 Å². The number of rotatable bonds is 5. The summed E-state index contributed by atoms with van der Waals surface area (Å²) in [6.45, 7) is 12.2. The summed E-state index contributed by atoms with van der Waals surface area (Å²) in [6.07, 6.45) is -2.91. The Morgan fingerprint density at radius 2 is 1.94 bits per heavy atom. The number of halogens is 3. The summed E-state index contributed by atoms with van der Waals surface area (Å²) >= 11 is 0. The van der Waals surface area contributed by atoms with Crippen LogP contribution in [-0.2, 0) is 15.4 Å². The highest BCUT2D eigenvalue weighted by Gasteiger charge is 2.46. The van der Waals surface area contributed by atoms with Gasteiger partial charge in [-0.3, -0.25) is 4.79 Å². The number of pyridine rings is 1. The Hall–Kier alpha value is -2.12. The zero-order chi connectivity index (χ0) is 24.1. The molecule has 0 radical (unpaired) electrons. The molecule has 1 amide bonds. The SMILES string of the molecule is Cc1cc(C(F)(F)F)c(C#N)c(N2C[C@@H](O[Si](C)(C)C(C)(C)C)C[C@H]2C(=O)NC2CC2)n1. The molecule has 1 N–H and O–H groups in total. The van der Waals surface area contributed by atoms with Crippen molar-refractivity contribution < 1.29 is 22.4 Å².